The zero-order valence-electron chi connectivity index (χ0n) is 14.0. The molecule has 1 amide bonds. The van der Waals surface area contributed by atoms with Crippen molar-refractivity contribution in [2.45, 2.75) is 17.9 Å². The molecular formula is C19H17N5O2. The topological polar surface area (TPSA) is 84.1 Å². The molecule has 2 aliphatic rings. The van der Waals surface area contributed by atoms with Gasteiger partial charge in [0.25, 0.3) is 0 Å². The maximum atomic E-state index is 12.7. The molecule has 1 N–H and O–H groups in total. The maximum Gasteiger partial charge on any atom is 0.230 e. The third kappa shape index (κ3) is 2.24. The fourth-order valence-electron chi connectivity index (χ4n) is 3.70. The monoisotopic (exact) mass is 347 g/mol. The summed E-state index contributed by atoms with van der Waals surface area (Å²) in [5, 5.41) is 19.0. The van der Waals surface area contributed by atoms with E-state index in [2.05, 4.69) is 21.4 Å². The number of β-amino-alcohol motifs (C(OH)–C–C–N with tert-alkyl or cyclic N) is 1. The zero-order valence-corrected chi connectivity index (χ0v) is 14.0. The molecule has 26 heavy (non-hydrogen) atoms. The van der Waals surface area contributed by atoms with Crippen LogP contribution in [0.1, 0.15) is 22.7 Å². The van der Waals surface area contributed by atoms with Crippen molar-refractivity contribution in [1.82, 2.24) is 24.9 Å². The lowest BCUT2D eigenvalue weighted by molar-refractivity contribution is -0.160. The van der Waals surface area contributed by atoms with E-state index in [0.717, 1.165) is 17.7 Å². The number of amides is 1. The molecule has 0 radical (unpaired) electrons. The minimum atomic E-state index is -1.14. The molecule has 1 aliphatic heterocycles. The van der Waals surface area contributed by atoms with E-state index in [0.29, 0.717) is 5.69 Å². The number of nitrogens with zero attached hydrogens (tertiary/aromatic N) is 5. The van der Waals surface area contributed by atoms with Crippen LogP contribution in [0, 0.1) is 0 Å². The highest BCUT2D eigenvalue weighted by atomic mass is 16.3. The van der Waals surface area contributed by atoms with Crippen molar-refractivity contribution in [3.05, 3.63) is 71.8 Å². The molecule has 3 heterocycles. The number of benzene rings is 1. The normalized spacial score (nSPS) is 20.0. The molecule has 1 aliphatic carbocycles. The lowest BCUT2D eigenvalue weighted by Crippen LogP contribution is -2.62. The van der Waals surface area contributed by atoms with Gasteiger partial charge in [-0.3, -0.25) is 9.78 Å². The second-order valence-corrected chi connectivity index (χ2v) is 6.94. The van der Waals surface area contributed by atoms with Gasteiger partial charge in [0.05, 0.1) is 37.1 Å². The van der Waals surface area contributed by atoms with E-state index in [1.807, 2.05) is 30.3 Å². The summed E-state index contributed by atoms with van der Waals surface area (Å²) in [7, 11) is 0. The second-order valence-electron chi connectivity index (χ2n) is 6.94. The molecular weight excluding hydrogens is 330 g/mol. The Hall–Kier alpha value is -3.06. The van der Waals surface area contributed by atoms with Crippen molar-refractivity contribution in [2.75, 3.05) is 13.1 Å². The summed E-state index contributed by atoms with van der Waals surface area (Å²) in [5.74, 6) is -0.00477. The van der Waals surface area contributed by atoms with E-state index in [-0.39, 0.29) is 24.9 Å². The van der Waals surface area contributed by atoms with Crippen molar-refractivity contribution in [2.24, 2.45) is 0 Å². The predicted molar refractivity (Wildman–Crippen MR) is 92.5 cm³/mol. The van der Waals surface area contributed by atoms with Crippen molar-refractivity contribution in [3.8, 4) is 5.69 Å². The number of carbonyl (C=O) groups is 1. The SMILES string of the molecule is O=C(C1Cc2ccccc21)N1CC(O)(c2cn(-c3cccnc3)nn2)C1. The first kappa shape index (κ1) is 15.2. The third-order valence-corrected chi connectivity index (χ3v) is 5.25. The van der Waals surface area contributed by atoms with Crippen LogP contribution in [0.4, 0.5) is 0 Å². The number of carbonyl (C=O) groups excluding carboxylic acids is 1. The minimum absolute atomic E-state index is 0.0769. The summed E-state index contributed by atoms with van der Waals surface area (Å²) in [6.07, 6.45) is 5.83. The fourth-order valence-corrected chi connectivity index (χ4v) is 3.70. The maximum absolute atomic E-state index is 12.7. The summed E-state index contributed by atoms with van der Waals surface area (Å²) in [6.45, 7) is 0.493. The number of rotatable bonds is 3. The first-order chi connectivity index (χ1) is 12.6. The highest BCUT2D eigenvalue weighted by Crippen LogP contribution is 2.39. The molecule has 1 unspecified atom stereocenters. The number of hydrogen-bond acceptors (Lipinski definition) is 5. The quantitative estimate of drug-likeness (QED) is 0.765. The molecule has 7 nitrogen and oxygen atoms in total. The number of hydrogen-bond donors (Lipinski definition) is 1. The first-order valence-corrected chi connectivity index (χ1v) is 8.56. The van der Waals surface area contributed by atoms with E-state index in [4.69, 9.17) is 0 Å². The van der Waals surface area contributed by atoms with Gasteiger partial charge in [0.1, 0.15) is 11.3 Å². The predicted octanol–water partition coefficient (Wildman–Crippen LogP) is 1.03. The van der Waals surface area contributed by atoms with Crippen molar-refractivity contribution < 1.29 is 9.90 Å². The van der Waals surface area contributed by atoms with Crippen LogP contribution in [0.3, 0.4) is 0 Å². The van der Waals surface area contributed by atoms with Crippen LogP contribution in [-0.2, 0) is 16.8 Å². The van der Waals surface area contributed by atoms with Gasteiger partial charge in [0.2, 0.25) is 5.91 Å². The van der Waals surface area contributed by atoms with Gasteiger partial charge >= 0.3 is 0 Å². The second kappa shape index (κ2) is 5.47. The van der Waals surface area contributed by atoms with Gasteiger partial charge in [-0.15, -0.1) is 5.10 Å². The Morgan fingerprint density at radius 1 is 1.19 bits per heavy atom. The van der Waals surface area contributed by atoms with Gasteiger partial charge in [-0.25, -0.2) is 4.68 Å². The highest BCUT2D eigenvalue weighted by molar-refractivity contribution is 5.87. The van der Waals surface area contributed by atoms with Gasteiger partial charge in [-0.05, 0) is 29.7 Å². The third-order valence-electron chi connectivity index (χ3n) is 5.25. The number of aromatic nitrogens is 4. The van der Waals surface area contributed by atoms with Crippen LogP contribution >= 0.6 is 0 Å². The summed E-state index contributed by atoms with van der Waals surface area (Å²) in [4.78, 5) is 18.4. The molecule has 1 aromatic carbocycles. The van der Waals surface area contributed by atoms with E-state index in [1.54, 1.807) is 28.2 Å². The van der Waals surface area contributed by atoms with Crippen LogP contribution in [0.25, 0.3) is 5.69 Å². The number of likely N-dealkylation sites (tertiary alicyclic amines) is 1. The molecule has 0 saturated carbocycles. The molecule has 3 aromatic rings. The summed E-state index contributed by atoms with van der Waals surface area (Å²) < 4.78 is 1.58. The molecule has 0 spiro atoms. The highest BCUT2D eigenvalue weighted by Gasteiger charge is 2.49. The van der Waals surface area contributed by atoms with Gasteiger partial charge in [-0.2, -0.15) is 0 Å². The van der Waals surface area contributed by atoms with E-state index >= 15 is 0 Å². The average molecular weight is 347 g/mol. The number of pyridine rings is 1. The number of fused-ring (bicyclic) bond motifs is 1. The standard InChI is InChI=1S/C19H17N5O2/c25-18(16-8-13-4-1-2-6-15(13)16)23-11-19(26,12-23)17-10-24(22-21-17)14-5-3-7-20-9-14/h1-7,9-10,16,26H,8,11-12H2. The molecule has 1 saturated heterocycles. The molecule has 1 fully saturated rings. The van der Waals surface area contributed by atoms with Crippen molar-refractivity contribution in [1.29, 1.82) is 0 Å². The minimum Gasteiger partial charge on any atom is -0.380 e. The Labute approximate surface area is 149 Å². The Morgan fingerprint density at radius 3 is 2.81 bits per heavy atom. The lowest BCUT2D eigenvalue weighted by atomic mass is 9.75. The van der Waals surface area contributed by atoms with Gasteiger partial charge in [-0.1, -0.05) is 29.5 Å². The van der Waals surface area contributed by atoms with E-state index in [9.17, 15) is 9.90 Å². The average Bonchev–Trinajstić information content (AvgIpc) is 3.11. The van der Waals surface area contributed by atoms with Crippen LogP contribution < -0.4 is 0 Å². The molecule has 5 rings (SSSR count). The molecule has 7 heteroatoms. The Bertz CT molecular complexity index is 978. The van der Waals surface area contributed by atoms with E-state index in [1.165, 1.54) is 5.56 Å². The Balaban J connectivity index is 1.29. The smallest absolute Gasteiger partial charge is 0.230 e. The molecule has 1 atom stereocenters. The Kier molecular flexibility index (Phi) is 3.20. The summed E-state index contributed by atoms with van der Waals surface area (Å²) >= 11 is 0. The van der Waals surface area contributed by atoms with Gasteiger partial charge in [0.15, 0.2) is 0 Å². The molecule has 0 bridgehead atoms. The first-order valence-electron chi connectivity index (χ1n) is 8.56. The van der Waals surface area contributed by atoms with Crippen LogP contribution in [0.15, 0.2) is 55.0 Å². The molecule has 130 valence electrons. The zero-order chi connectivity index (χ0) is 17.7. The van der Waals surface area contributed by atoms with Crippen LogP contribution in [0.5, 0.6) is 0 Å². The molecule has 2 aromatic heterocycles. The van der Waals surface area contributed by atoms with E-state index < -0.39 is 5.60 Å². The van der Waals surface area contributed by atoms with Crippen molar-refractivity contribution >= 4 is 5.91 Å². The van der Waals surface area contributed by atoms with Gasteiger partial charge in [0, 0.05) is 6.20 Å². The largest absolute Gasteiger partial charge is 0.380 e. The lowest BCUT2D eigenvalue weighted by Gasteiger charge is -2.47. The van der Waals surface area contributed by atoms with Gasteiger partial charge < -0.3 is 10.0 Å². The fraction of sp³-hybridized carbons (Fsp3) is 0.263. The number of aliphatic hydroxyl groups is 1. The summed E-state index contributed by atoms with van der Waals surface area (Å²) in [5.41, 5.74) is 2.45. The Morgan fingerprint density at radius 2 is 2.04 bits per heavy atom. The summed E-state index contributed by atoms with van der Waals surface area (Å²) in [6, 6.07) is 11.7. The van der Waals surface area contributed by atoms with Crippen molar-refractivity contribution in [3.63, 3.8) is 0 Å². The van der Waals surface area contributed by atoms with Crippen LogP contribution in [0.2, 0.25) is 0 Å². The van der Waals surface area contributed by atoms with Crippen LogP contribution in [-0.4, -0.2) is 49.0 Å².